The molecular formula is C16H21N3O3. The van der Waals surface area contributed by atoms with E-state index in [2.05, 4.69) is 16.7 Å². The predicted octanol–water partition coefficient (Wildman–Crippen LogP) is 0.803. The highest BCUT2D eigenvalue weighted by molar-refractivity contribution is 5.98. The SMILES string of the molecule is CNCc1ccc2c(c1)CN(C(C)CCC(=O)NC=O)C2=O. The number of carbonyl (C=O) groups excluding carboxylic acids is 3. The summed E-state index contributed by atoms with van der Waals surface area (Å²) in [5.74, 6) is -0.309. The van der Waals surface area contributed by atoms with Gasteiger partial charge < -0.3 is 10.2 Å². The number of imide groups is 1. The fraction of sp³-hybridized carbons (Fsp3) is 0.438. The van der Waals surface area contributed by atoms with E-state index in [-0.39, 0.29) is 24.3 Å². The van der Waals surface area contributed by atoms with Crippen molar-refractivity contribution in [3.05, 3.63) is 34.9 Å². The van der Waals surface area contributed by atoms with E-state index in [1.54, 1.807) is 4.90 Å². The molecule has 22 heavy (non-hydrogen) atoms. The van der Waals surface area contributed by atoms with Gasteiger partial charge in [0.2, 0.25) is 12.3 Å². The lowest BCUT2D eigenvalue weighted by Crippen LogP contribution is -2.34. The number of hydrogen-bond acceptors (Lipinski definition) is 4. The van der Waals surface area contributed by atoms with Crippen molar-refractivity contribution in [2.45, 2.75) is 38.9 Å². The molecule has 0 aromatic heterocycles. The van der Waals surface area contributed by atoms with E-state index in [1.165, 1.54) is 0 Å². The molecule has 0 saturated heterocycles. The first kappa shape index (κ1) is 16.2. The topological polar surface area (TPSA) is 78.5 Å². The molecule has 1 heterocycles. The van der Waals surface area contributed by atoms with Crippen LogP contribution < -0.4 is 10.6 Å². The highest BCUT2D eigenvalue weighted by Crippen LogP contribution is 2.26. The highest BCUT2D eigenvalue weighted by atomic mass is 16.2. The Morgan fingerprint density at radius 2 is 2.23 bits per heavy atom. The molecule has 1 aliphatic heterocycles. The second kappa shape index (κ2) is 7.17. The van der Waals surface area contributed by atoms with Crippen molar-refractivity contribution >= 4 is 18.2 Å². The second-order valence-electron chi connectivity index (χ2n) is 5.53. The largest absolute Gasteiger partial charge is 0.332 e. The van der Waals surface area contributed by atoms with E-state index in [9.17, 15) is 14.4 Å². The minimum atomic E-state index is -0.317. The van der Waals surface area contributed by atoms with Crippen LogP contribution in [0.2, 0.25) is 0 Å². The molecule has 1 aromatic carbocycles. The van der Waals surface area contributed by atoms with E-state index in [4.69, 9.17) is 0 Å². The third kappa shape index (κ3) is 3.51. The lowest BCUT2D eigenvalue weighted by molar-refractivity contribution is -0.125. The molecular weight excluding hydrogens is 282 g/mol. The van der Waals surface area contributed by atoms with Crippen molar-refractivity contribution in [2.24, 2.45) is 0 Å². The number of hydrogen-bond donors (Lipinski definition) is 2. The standard InChI is InChI=1S/C16H21N3O3/c1-11(3-6-15(21)18-10-20)19-9-13-7-12(8-17-2)4-5-14(13)16(19)22/h4-5,7,10-11,17H,3,6,8-9H2,1-2H3,(H,18,20,21). The van der Waals surface area contributed by atoms with Gasteiger partial charge >= 0.3 is 0 Å². The minimum absolute atomic E-state index is 0.00861. The summed E-state index contributed by atoms with van der Waals surface area (Å²) in [4.78, 5) is 35.7. The van der Waals surface area contributed by atoms with Crippen molar-refractivity contribution in [3.8, 4) is 0 Å². The monoisotopic (exact) mass is 303 g/mol. The summed E-state index contributed by atoms with van der Waals surface area (Å²) in [6.07, 6.45) is 1.14. The molecule has 1 unspecified atom stereocenters. The molecule has 1 atom stereocenters. The molecule has 0 aliphatic carbocycles. The fourth-order valence-electron chi connectivity index (χ4n) is 2.70. The highest BCUT2D eigenvalue weighted by Gasteiger charge is 2.30. The summed E-state index contributed by atoms with van der Waals surface area (Å²) in [5, 5.41) is 5.21. The molecule has 2 N–H and O–H groups in total. The van der Waals surface area contributed by atoms with Crippen LogP contribution in [0.15, 0.2) is 18.2 Å². The number of nitrogens with zero attached hydrogens (tertiary/aromatic N) is 1. The van der Waals surface area contributed by atoms with E-state index >= 15 is 0 Å². The van der Waals surface area contributed by atoms with Gasteiger partial charge in [0, 0.05) is 31.1 Å². The fourth-order valence-corrected chi connectivity index (χ4v) is 2.70. The maximum atomic E-state index is 12.4. The molecule has 1 aliphatic rings. The Labute approximate surface area is 129 Å². The molecule has 0 radical (unpaired) electrons. The van der Waals surface area contributed by atoms with Crippen LogP contribution in [0.1, 0.15) is 41.3 Å². The number of benzene rings is 1. The number of amides is 3. The average molecular weight is 303 g/mol. The third-order valence-electron chi connectivity index (χ3n) is 3.92. The van der Waals surface area contributed by atoms with Crippen LogP contribution in [0.3, 0.4) is 0 Å². The van der Waals surface area contributed by atoms with E-state index in [1.807, 2.05) is 26.1 Å². The van der Waals surface area contributed by atoms with Crippen LogP contribution in [0.25, 0.3) is 0 Å². The third-order valence-corrected chi connectivity index (χ3v) is 3.92. The summed E-state index contributed by atoms with van der Waals surface area (Å²) in [6, 6.07) is 5.83. The molecule has 118 valence electrons. The van der Waals surface area contributed by atoms with Crippen molar-refractivity contribution in [2.75, 3.05) is 7.05 Å². The number of carbonyl (C=O) groups is 3. The van der Waals surface area contributed by atoms with Gasteiger partial charge in [-0.15, -0.1) is 0 Å². The quantitative estimate of drug-likeness (QED) is 0.731. The van der Waals surface area contributed by atoms with E-state index in [0.717, 1.165) is 23.2 Å². The molecule has 0 saturated carbocycles. The maximum absolute atomic E-state index is 12.4. The average Bonchev–Trinajstić information content (AvgIpc) is 2.82. The van der Waals surface area contributed by atoms with E-state index in [0.29, 0.717) is 19.4 Å². The van der Waals surface area contributed by atoms with Gasteiger partial charge in [0.15, 0.2) is 0 Å². The van der Waals surface area contributed by atoms with Gasteiger partial charge in [0.05, 0.1) is 0 Å². The molecule has 2 rings (SSSR count). The van der Waals surface area contributed by atoms with Gasteiger partial charge in [-0.25, -0.2) is 0 Å². The predicted molar refractivity (Wildman–Crippen MR) is 82.0 cm³/mol. The van der Waals surface area contributed by atoms with Gasteiger partial charge in [0.25, 0.3) is 5.91 Å². The van der Waals surface area contributed by atoms with Gasteiger partial charge in [0.1, 0.15) is 0 Å². The van der Waals surface area contributed by atoms with E-state index < -0.39 is 0 Å². The Hall–Kier alpha value is -2.21. The Morgan fingerprint density at radius 1 is 1.45 bits per heavy atom. The molecule has 0 fully saturated rings. The summed E-state index contributed by atoms with van der Waals surface area (Å²) in [7, 11) is 1.89. The molecule has 6 nitrogen and oxygen atoms in total. The summed E-state index contributed by atoms with van der Waals surface area (Å²) in [6.45, 7) is 3.26. The normalized spacial score (nSPS) is 14.6. The lowest BCUT2D eigenvalue weighted by Gasteiger charge is -2.23. The maximum Gasteiger partial charge on any atom is 0.254 e. The number of rotatable bonds is 7. The first-order valence-corrected chi connectivity index (χ1v) is 7.37. The molecule has 6 heteroatoms. The van der Waals surface area contributed by atoms with Crippen molar-refractivity contribution < 1.29 is 14.4 Å². The van der Waals surface area contributed by atoms with Crippen LogP contribution in [-0.4, -0.2) is 36.2 Å². The summed E-state index contributed by atoms with van der Waals surface area (Å²) >= 11 is 0. The Kier molecular flexibility index (Phi) is 5.27. The molecule has 3 amide bonds. The van der Waals surface area contributed by atoms with Crippen molar-refractivity contribution in [3.63, 3.8) is 0 Å². The lowest BCUT2D eigenvalue weighted by atomic mass is 10.1. The Balaban J connectivity index is 2.01. The van der Waals surface area contributed by atoms with Gasteiger partial charge in [-0.3, -0.25) is 19.7 Å². The first-order valence-electron chi connectivity index (χ1n) is 7.37. The van der Waals surface area contributed by atoms with Crippen LogP contribution in [-0.2, 0) is 22.7 Å². The second-order valence-corrected chi connectivity index (χ2v) is 5.53. The zero-order valence-electron chi connectivity index (χ0n) is 12.9. The first-order chi connectivity index (χ1) is 10.6. The number of nitrogens with one attached hydrogen (secondary N) is 2. The van der Waals surface area contributed by atoms with Crippen LogP contribution in [0, 0.1) is 0 Å². The van der Waals surface area contributed by atoms with Crippen molar-refractivity contribution in [1.29, 1.82) is 0 Å². The van der Waals surface area contributed by atoms with Gasteiger partial charge in [-0.05, 0) is 37.6 Å². The van der Waals surface area contributed by atoms with Crippen molar-refractivity contribution in [1.82, 2.24) is 15.5 Å². The Morgan fingerprint density at radius 3 is 2.91 bits per heavy atom. The zero-order valence-corrected chi connectivity index (χ0v) is 12.9. The van der Waals surface area contributed by atoms with Crippen LogP contribution in [0.5, 0.6) is 0 Å². The van der Waals surface area contributed by atoms with Crippen LogP contribution >= 0.6 is 0 Å². The van der Waals surface area contributed by atoms with Crippen LogP contribution in [0.4, 0.5) is 0 Å². The summed E-state index contributed by atoms with van der Waals surface area (Å²) in [5.41, 5.74) is 2.92. The van der Waals surface area contributed by atoms with Gasteiger partial charge in [-0.1, -0.05) is 12.1 Å². The molecule has 0 spiro atoms. The minimum Gasteiger partial charge on any atom is -0.332 e. The number of fused-ring (bicyclic) bond motifs is 1. The summed E-state index contributed by atoms with van der Waals surface area (Å²) < 4.78 is 0. The smallest absolute Gasteiger partial charge is 0.254 e. The molecule has 0 bridgehead atoms. The van der Waals surface area contributed by atoms with Gasteiger partial charge in [-0.2, -0.15) is 0 Å². The zero-order chi connectivity index (χ0) is 16.1. The Bertz CT molecular complexity index is 586. The molecule has 1 aromatic rings.